The fraction of sp³-hybridized carbons (Fsp3) is 0.577. The number of halogens is 3. The lowest BCUT2D eigenvalue weighted by Crippen LogP contribution is -2.49. The number of nitrogens with zero attached hydrogens (tertiary/aromatic N) is 4. The smallest absolute Gasteiger partial charge is 0.406 e. The highest BCUT2D eigenvalue weighted by molar-refractivity contribution is 5.97. The van der Waals surface area contributed by atoms with E-state index in [1.165, 1.54) is 18.2 Å². The number of aromatic nitrogens is 2. The highest BCUT2D eigenvalue weighted by Crippen LogP contribution is 2.42. The molecule has 10 heteroatoms. The molecule has 1 N–H and O–H groups in total. The van der Waals surface area contributed by atoms with Crippen LogP contribution in [0.25, 0.3) is 11.4 Å². The monoisotopic (exact) mass is 504 g/mol. The van der Waals surface area contributed by atoms with Gasteiger partial charge in [0.1, 0.15) is 5.75 Å². The van der Waals surface area contributed by atoms with Crippen LogP contribution in [0.1, 0.15) is 66.2 Å². The van der Waals surface area contributed by atoms with Gasteiger partial charge in [-0.25, -0.2) is 9.97 Å². The molecule has 0 bridgehead atoms. The molecule has 1 aliphatic carbocycles. The Morgan fingerprint density at radius 3 is 2.53 bits per heavy atom. The van der Waals surface area contributed by atoms with Gasteiger partial charge in [0, 0.05) is 36.7 Å². The standard InChI is InChI=1S/C26H31F3N4O3/c1-16-22(25(35)32-12-9-19(10-13-32)33-11-3-5-20(33)15-34)23(17-7-8-17)31-24(30-16)18-4-2-6-21(14-18)36-26(27,28)29/h2,4,6,14,17,19-20,34H,3,5,7-13,15H2,1H3. The molecule has 3 aliphatic rings. The number of aliphatic hydroxyl groups is 1. The topological polar surface area (TPSA) is 78.8 Å². The number of carbonyl (C=O) groups excluding carboxylic acids is 1. The lowest BCUT2D eigenvalue weighted by Gasteiger charge is -2.39. The normalized spacial score (nSPS) is 21.7. The van der Waals surface area contributed by atoms with Crippen LogP contribution in [-0.4, -0.2) is 75.5 Å². The number of likely N-dealkylation sites (tertiary alicyclic amines) is 2. The van der Waals surface area contributed by atoms with E-state index in [9.17, 15) is 23.1 Å². The average Bonchev–Trinajstić information content (AvgIpc) is 3.59. The first kappa shape index (κ1) is 25.0. The Morgan fingerprint density at radius 1 is 1.11 bits per heavy atom. The molecule has 1 saturated carbocycles. The van der Waals surface area contributed by atoms with Crippen LogP contribution < -0.4 is 4.74 Å². The van der Waals surface area contributed by atoms with E-state index in [0.29, 0.717) is 47.5 Å². The summed E-state index contributed by atoms with van der Waals surface area (Å²) in [4.78, 5) is 27.1. The molecule has 2 aromatic rings. The van der Waals surface area contributed by atoms with Gasteiger partial charge in [-0.2, -0.15) is 0 Å². The average molecular weight is 505 g/mol. The molecule has 5 rings (SSSR count). The summed E-state index contributed by atoms with van der Waals surface area (Å²) in [6.45, 7) is 4.22. The fourth-order valence-corrected chi connectivity index (χ4v) is 5.57. The van der Waals surface area contributed by atoms with Crippen molar-refractivity contribution in [3.63, 3.8) is 0 Å². The van der Waals surface area contributed by atoms with E-state index in [-0.39, 0.29) is 30.2 Å². The van der Waals surface area contributed by atoms with Crippen LogP contribution in [0.4, 0.5) is 13.2 Å². The van der Waals surface area contributed by atoms with Crippen LogP contribution in [0, 0.1) is 6.92 Å². The molecule has 7 nitrogen and oxygen atoms in total. The van der Waals surface area contributed by atoms with E-state index < -0.39 is 6.36 Å². The number of hydrogen-bond acceptors (Lipinski definition) is 6. The molecule has 194 valence electrons. The molecule has 2 saturated heterocycles. The molecule has 1 amide bonds. The zero-order chi connectivity index (χ0) is 25.4. The van der Waals surface area contributed by atoms with E-state index in [2.05, 4.69) is 19.6 Å². The number of amides is 1. The second-order valence-electron chi connectivity index (χ2n) is 9.98. The van der Waals surface area contributed by atoms with Crippen LogP contribution >= 0.6 is 0 Å². The lowest BCUT2D eigenvalue weighted by atomic mass is 9.99. The van der Waals surface area contributed by atoms with Gasteiger partial charge in [0.15, 0.2) is 5.82 Å². The van der Waals surface area contributed by atoms with Crippen LogP contribution in [0.15, 0.2) is 24.3 Å². The minimum absolute atomic E-state index is 0.0753. The SMILES string of the molecule is Cc1nc(-c2cccc(OC(F)(F)F)c2)nc(C2CC2)c1C(=O)N1CCC(N2CCCC2CO)CC1. The van der Waals surface area contributed by atoms with Gasteiger partial charge < -0.3 is 14.7 Å². The summed E-state index contributed by atoms with van der Waals surface area (Å²) in [5.41, 5.74) is 2.16. The Bertz CT molecular complexity index is 1110. The third-order valence-electron chi connectivity index (χ3n) is 7.48. The van der Waals surface area contributed by atoms with Crippen LogP contribution in [-0.2, 0) is 0 Å². The van der Waals surface area contributed by atoms with Crippen molar-refractivity contribution in [1.29, 1.82) is 0 Å². The second kappa shape index (κ2) is 9.97. The highest BCUT2D eigenvalue weighted by Gasteiger charge is 2.37. The highest BCUT2D eigenvalue weighted by atomic mass is 19.4. The summed E-state index contributed by atoms with van der Waals surface area (Å²) in [5.74, 6) is 0.0418. The largest absolute Gasteiger partial charge is 0.573 e. The van der Waals surface area contributed by atoms with Gasteiger partial charge in [0.05, 0.1) is 23.6 Å². The van der Waals surface area contributed by atoms with Crippen molar-refractivity contribution in [2.75, 3.05) is 26.2 Å². The Kier molecular flexibility index (Phi) is 6.91. The molecule has 36 heavy (non-hydrogen) atoms. The summed E-state index contributed by atoms with van der Waals surface area (Å²) < 4.78 is 42.1. The number of piperidine rings is 1. The molecule has 1 unspecified atom stereocenters. The molecule has 3 heterocycles. The fourth-order valence-electron chi connectivity index (χ4n) is 5.57. The number of alkyl halides is 3. The van der Waals surface area contributed by atoms with Gasteiger partial charge in [-0.05, 0) is 64.1 Å². The number of hydrogen-bond donors (Lipinski definition) is 1. The van der Waals surface area contributed by atoms with E-state index in [4.69, 9.17) is 0 Å². The molecule has 0 radical (unpaired) electrons. The van der Waals surface area contributed by atoms with Crippen molar-refractivity contribution in [2.24, 2.45) is 0 Å². The molecular weight excluding hydrogens is 473 g/mol. The molecule has 1 aromatic heterocycles. The minimum atomic E-state index is -4.79. The molecular formula is C26H31F3N4O3. The van der Waals surface area contributed by atoms with Gasteiger partial charge >= 0.3 is 6.36 Å². The van der Waals surface area contributed by atoms with Gasteiger partial charge in [-0.15, -0.1) is 13.2 Å². The van der Waals surface area contributed by atoms with Gasteiger partial charge in [0.2, 0.25) is 0 Å². The third kappa shape index (κ3) is 5.34. The Labute approximate surface area is 208 Å². The van der Waals surface area contributed by atoms with E-state index >= 15 is 0 Å². The number of rotatable bonds is 6. The first-order valence-electron chi connectivity index (χ1n) is 12.6. The first-order valence-corrected chi connectivity index (χ1v) is 12.6. The summed E-state index contributed by atoms with van der Waals surface area (Å²) in [6.07, 6.45) is 0.916. The predicted molar refractivity (Wildman–Crippen MR) is 127 cm³/mol. The van der Waals surface area contributed by atoms with Crippen molar-refractivity contribution in [1.82, 2.24) is 19.8 Å². The summed E-state index contributed by atoms with van der Waals surface area (Å²) in [5, 5.41) is 9.67. The molecule has 0 spiro atoms. The first-order chi connectivity index (χ1) is 17.2. The van der Waals surface area contributed by atoms with E-state index in [1.807, 2.05) is 4.90 Å². The third-order valence-corrected chi connectivity index (χ3v) is 7.48. The van der Waals surface area contributed by atoms with Crippen LogP contribution in [0.3, 0.4) is 0 Å². The van der Waals surface area contributed by atoms with E-state index in [1.54, 1.807) is 13.0 Å². The Hall–Kier alpha value is -2.72. The van der Waals surface area contributed by atoms with Gasteiger partial charge in [-0.1, -0.05) is 12.1 Å². The maximum atomic E-state index is 13.6. The minimum Gasteiger partial charge on any atom is -0.406 e. The van der Waals surface area contributed by atoms with Crippen molar-refractivity contribution in [3.05, 3.63) is 41.2 Å². The van der Waals surface area contributed by atoms with Crippen molar-refractivity contribution >= 4 is 5.91 Å². The maximum Gasteiger partial charge on any atom is 0.573 e. The second-order valence-corrected chi connectivity index (χ2v) is 9.98. The van der Waals surface area contributed by atoms with E-state index in [0.717, 1.165) is 45.1 Å². The van der Waals surface area contributed by atoms with Crippen molar-refractivity contribution in [2.45, 2.75) is 69.8 Å². The van der Waals surface area contributed by atoms with Crippen molar-refractivity contribution < 1.29 is 27.8 Å². The number of aliphatic hydroxyl groups excluding tert-OH is 1. The number of carbonyl (C=O) groups is 1. The summed E-state index contributed by atoms with van der Waals surface area (Å²) in [6, 6.07) is 6.21. The lowest BCUT2D eigenvalue weighted by molar-refractivity contribution is -0.274. The summed E-state index contributed by atoms with van der Waals surface area (Å²) in [7, 11) is 0. The molecule has 3 fully saturated rings. The zero-order valence-corrected chi connectivity index (χ0v) is 20.3. The van der Waals surface area contributed by atoms with Crippen LogP contribution in [0.2, 0.25) is 0 Å². The number of benzene rings is 1. The molecule has 1 atom stereocenters. The zero-order valence-electron chi connectivity index (χ0n) is 20.3. The number of aryl methyl sites for hydroxylation is 1. The quantitative estimate of drug-likeness (QED) is 0.633. The molecule has 2 aliphatic heterocycles. The van der Waals surface area contributed by atoms with Gasteiger partial charge in [0.25, 0.3) is 5.91 Å². The molecule has 1 aromatic carbocycles. The Balaban J connectivity index is 1.36. The maximum absolute atomic E-state index is 13.6. The van der Waals surface area contributed by atoms with Crippen molar-refractivity contribution in [3.8, 4) is 17.1 Å². The summed E-state index contributed by atoms with van der Waals surface area (Å²) >= 11 is 0. The van der Waals surface area contributed by atoms with Crippen LogP contribution in [0.5, 0.6) is 5.75 Å². The Morgan fingerprint density at radius 2 is 1.86 bits per heavy atom. The van der Waals surface area contributed by atoms with Gasteiger partial charge in [-0.3, -0.25) is 9.69 Å². The number of ether oxygens (including phenoxy) is 1. The predicted octanol–water partition coefficient (Wildman–Crippen LogP) is 4.29.